The van der Waals surface area contributed by atoms with Crippen LogP contribution in [0.2, 0.25) is 0 Å². The number of fused-ring (bicyclic) bond motifs is 1. The quantitative estimate of drug-likeness (QED) is 0.898. The summed E-state index contributed by atoms with van der Waals surface area (Å²) < 4.78 is 5.42. The molecule has 1 aromatic rings. The zero-order valence-corrected chi connectivity index (χ0v) is 14.5. The largest absolute Gasteiger partial charge is 0.372 e. The summed E-state index contributed by atoms with van der Waals surface area (Å²) in [4.78, 5) is 29.0. The minimum absolute atomic E-state index is 0.0118. The van der Waals surface area contributed by atoms with Gasteiger partial charge in [0.1, 0.15) is 0 Å². The average Bonchev–Trinajstić information content (AvgIpc) is 3.32. The molecule has 3 aliphatic heterocycles. The van der Waals surface area contributed by atoms with Crippen molar-refractivity contribution >= 4 is 17.6 Å². The number of likely N-dealkylation sites (tertiary alicyclic amines) is 2. The number of benzene rings is 1. The molecule has 3 aliphatic rings. The monoisotopic (exact) mass is 343 g/mol. The zero-order chi connectivity index (χ0) is 17.2. The van der Waals surface area contributed by atoms with Crippen LogP contribution in [0.5, 0.6) is 0 Å². The number of hydrogen-bond donors (Lipinski definition) is 1. The van der Waals surface area contributed by atoms with Gasteiger partial charge in [0.15, 0.2) is 0 Å². The van der Waals surface area contributed by atoms with Crippen LogP contribution in [0.1, 0.15) is 36.8 Å². The van der Waals surface area contributed by atoms with Gasteiger partial charge in [0, 0.05) is 31.9 Å². The van der Waals surface area contributed by atoms with E-state index in [1.807, 2.05) is 28.0 Å². The fourth-order valence-corrected chi connectivity index (χ4v) is 3.97. The molecule has 0 aromatic heterocycles. The van der Waals surface area contributed by atoms with E-state index in [9.17, 15) is 9.59 Å². The van der Waals surface area contributed by atoms with Crippen molar-refractivity contribution in [3.05, 3.63) is 29.3 Å². The molecule has 3 amide bonds. The molecule has 134 valence electrons. The van der Waals surface area contributed by atoms with Crippen LogP contribution < -0.4 is 5.32 Å². The third kappa shape index (κ3) is 3.49. The van der Waals surface area contributed by atoms with Crippen LogP contribution in [0.3, 0.4) is 0 Å². The first-order valence-electron chi connectivity index (χ1n) is 9.25. The molecule has 4 rings (SSSR count). The second-order valence-corrected chi connectivity index (χ2v) is 7.23. The highest BCUT2D eigenvalue weighted by Crippen LogP contribution is 2.25. The van der Waals surface area contributed by atoms with Crippen molar-refractivity contribution in [2.75, 3.05) is 31.5 Å². The number of piperidine rings is 1. The third-order valence-electron chi connectivity index (χ3n) is 5.43. The number of urea groups is 1. The number of rotatable bonds is 2. The van der Waals surface area contributed by atoms with Gasteiger partial charge in [0.2, 0.25) is 5.91 Å². The van der Waals surface area contributed by atoms with Crippen LogP contribution in [0.4, 0.5) is 10.5 Å². The number of amides is 3. The summed E-state index contributed by atoms with van der Waals surface area (Å²) >= 11 is 0. The van der Waals surface area contributed by atoms with Gasteiger partial charge in [-0.25, -0.2) is 4.79 Å². The van der Waals surface area contributed by atoms with Crippen molar-refractivity contribution in [1.82, 2.24) is 9.80 Å². The average molecular weight is 343 g/mol. The van der Waals surface area contributed by atoms with Crippen LogP contribution in [0.25, 0.3) is 0 Å². The Hall–Kier alpha value is -2.08. The number of carbonyl (C=O) groups excluding carboxylic acids is 2. The molecule has 1 unspecified atom stereocenters. The number of carbonyl (C=O) groups is 2. The molecule has 3 heterocycles. The van der Waals surface area contributed by atoms with Crippen LogP contribution in [-0.4, -0.2) is 47.9 Å². The van der Waals surface area contributed by atoms with E-state index in [0.717, 1.165) is 56.6 Å². The van der Waals surface area contributed by atoms with Crippen molar-refractivity contribution in [2.45, 2.75) is 38.9 Å². The number of ether oxygens (including phenoxy) is 1. The minimum atomic E-state index is -0.134. The smallest absolute Gasteiger partial charge is 0.320 e. The van der Waals surface area contributed by atoms with E-state index < -0.39 is 0 Å². The highest BCUT2D eigenvalue weighted by atomic mass is 16.5. The lowest BCUT2D eigenvalue weighted by Crippen LogP contribution is -2.48. The van der Waals surface area contributed by atoms with E-state index in [4.69, 9.17) is 4.74 Å². The molecule has 0 spiro atoms. The molecule has 0 bridgehead atoms. The van der Waals surface area contributed by atoms with Crippen molar-refractivity contribution in [2.24, 2.45) is 5.92 Å². The second kappa shape index (κ2) is 7.04. The van der Waals surface area contributed by atoms with Crippen molar-refractivity contribution in [3.63, 3.8) is 0 Å². The fraction of sp³-hybridized carbons (Fsp3) is 0.579. The van der Waals surface area contributed by atoms with Gasteiger partial charge in [-0.05, 0) is 48.9 Å². The van der Waals surface area contributed by atoms with Gasteiger partial charge < -0.3 is 19.9 Å². The molecule has 1 N–H and O–H groups in total. The Morgan fingerprint density at radius 1 is 1.00 bits per heavy atom. The van der Waals surface area contributed by atoms with Crippen molar-refractivity contribution in [3.8, 4) is 0 Å². The van der Waals surface area contributed by atoms with E-state index >= 15 is 0 Å². The summed E-state index contributed by atoms with van der Waals surface area (Å²) in [5, 5.41) is 3.02. The topological polar surface area (TPSA) is 61.9 Å². The highest BCUT2D eigenvalue weighted by molar-refractivity contribution is 5.93. The van der Waals surface area contributed by atoms with E-state index in [2.05, 4.69) is 5.32 Å². The molecule has 2 fully saturated rings. The predicted molar refractivity (Wildman–Crippen MR) is 94.1 cm³/mol. The Bertz CT molecular complexity index is 670. The first kappa shape index (κ1) is 16.4. The van der Waals surface area contributed by atoms with Gasteiger partial charge in [-0.2, -0.15) is 0 Å². The van der Waals surface area contributed by atoms with E-state index in [0.29, 0.717) is 19.8 Å². The van der Waals surface area contributed by atoms with E-state index in [1.54, 1.807) is 0 Å². The normalized spacial score (nSPS) is 22.8. The standard InChI is InChI=1S/C19H25N3O3/c23-18(20-17-6-5-15-12-25-13-16(15)10-17)14-4-3-9-22(11-14)19(24)21-7-1-2-8-21/h5-6,10,14H,1-4,7-9,11-13H2,(H,20,23). The summed E-state index contributed by atoms with van der Waals surface area (Å²) in [6.07, 6.45) is 3.90. The molecule has 0 saturated carbocycles. The molecular weight excluding hydrogens is 318 g/mol. The van der Waals surface area contributed by atoms with Crippen molar-refractivity contribution < 1.29 is 14.3 Å². The van der Waals surface area contributed by atoms with Gasteiger partial charge in [0.25, 0.3) is 0 Å². The Kier molecular flexibility index (Phi) is 4.61. The zero-order valence-electron chi connectivity index (χ0n) is 14.5. The Morgan fingerprint density at radius 3 is 2.60 bits per heavy atom. The van der Waals surface area contributed by atoms with Gasteiger partial charge in [-0.1, -0.05) is 6.07 Å². The Morgan fingerprint density at radius 2 is 1.76 bits per heavy atom. The number of nitrogens with zero attached hydrogens (tertiary/aromatic N) is 2. The van der Waals surface area contributed by atoms with Gasteiger partial charge in [-0.3, -0.25) is 4.79 Å². The van der Waals surface area contributed by atoms with Crippen LogP contribution in [0, 0.1) is 5.92 Å². The first-order chi connectivity index (χ1) is 12.2. The van der Waals surface area contributed by atoms with Crippen LogP contribution >= 0.6 is 0 Å². The Labute approximate surface area is 148 Å². The summed E-state index contributed by atoms with van der Waals surface area (Å²) in [5.41, 5.74) is 3.16. The summed E-state index contributed by atoms with van der Waals surface area (Å²) in [7, 11) is 0. The lowest BCUT2D eigenvalue weighted by molar-refractivity contribution is -0.121. The number of nitrogens with one attached hydrogen (secondary N) is 1. The molecule has 25 heavy (non-hydrogen) atoms. The molecular formula is C19H25N3O3. The lowest BCUT2D eigenvalue weighted by Gasteiger charge is -2.34. The summed E-state index contributed by atoms with van der Waals surface area (Å²) in [5.74, 6) is -0.123. The third-order valence-corrected chi connectivity index (χ3v) is 5.43. The molecule has 2 saturated heterocycles. The lowest BCUT2D eigenvalue weighted by atomic mass is 9.97. The van der Waals surface area contributed by atoms with Crippen LogP contribution in [0.15, 0.2) is 18.2 Å². The number of anilines is 1. The number of hydrogen-bond acceptors (Lipinski definition) is 3. The Balaban J connectivity index is 1.37. The van der Waals surface area contributed by atoms with E-state index in [1.165, 1.54) is 5.56 Å². The molecule has 0 radical (unpaired) electrons. The SMILES string of the molecule is O=C(Nc1ccc2c(c1)COC2)C1CCCN(C(=O)N2CCCC2)C1. The molecule has 0 aliphatic carbocycles. The maximum atomic E-state index is 12.7. The van der Waals surface area contributed by atoms with Gasteiger partial charge >= 0.3 is 6.03 Å². The van der Waals surface area contributed by atoms with Gasteiger partial charge in [-0.15, -0.1) is 0 Å². The van der Waals surface area contributed by atoms with Gasteiger partial charge in [0.05, 0.1) is 19.1 Å². The molecule has 1 aromatic carbocycles. The molecule has 6 heteroatoms. The summed E-state index contributed by atoms with van der Waals surface area (Å²) in [6.45, 7) is 4.25. The highest BCUT2D eigenvalue weighted by Gasteiger charge is 2.31. The predicted octanol–water partition coefficient (Wildman–Crippen LogP) is 2.58. The summed E-state index contributed by atoms with van der Waals surface area (Å²) in [6, 6.07) is 6.05. The van der Waals surface area contributed by atoms with E-state index in [-0.39, 0.29) is 17.9 Å². The molecule has 1 atom stereocenters. The molecule has 6 nitrogen and oxygen atoms in total. The second-order valence-electron chi connectivity index (χ2n) is 7.23. The first-order valence-corrected chi connectivity index (χ1v) is 9.25. The maximum Gasteiger partial charge on any atom is 0.320 e. The minimum Gasteiger partial charge on any atom is -0.372 e. The van der Waals surface area contributed by atoms with Crippen molar-refractivity contribution in [1.29, 1.82) is 0 Å². The fourth-order valence-electron chi connectivity index (χ4n) is 3.97. The van der Waals surface area contributed by atoms with Crippen LogP contribution in [-0.2, 0) is 22.7 Å². The maximum absolute atomic E-state index is 12.7.